The number of nitrogens with one attached hydrogen (secondary N) is 2. The highest BCUT2D eigenvalue weighted by Crippen LogP contribution is 2.31. The van der Waals surface area contributed by atoms with E-state index < -0.39 is 10.2 Å². The zero-order chi connectivity index (χ0) is 20.1. The number of anilines is 1. The lowest BCUT2D eigenvalue weighted by molar-refractivity contribution is 0.0872. The van der Waals surface area contributed by atoms with Gasteiger partial charge in [0.25, 0.3) is 5.91 Å². The van der Waals surface area contributed by atoms with Crippen LogP contribution in [0.25, 0.3) is 0 Å². The lowest BCUT2D eigenvalue weighted by atomic mass is 10.1. The first-order chi connectivity index (χ1) is 12.1. The fraction of sp³-hybridized carbons (Fsp3) is 0.562. The molecule has 0 spiro atoms. The van der Waals surface area contributed by atoms with Gasteiger partial charge in [-0.3, -0.25) is 14.4 Å². The summed E-state index contributed by atoms with van der Waals surface area (Å²) in [5.41, 5.74) is 0.286. The summed E-state index contributed by atoms with van der Waals surface area (Å²) in [5.74, 6) is -0.129. The van der Waals surface area contributed by atoms with E-state index in [0.29, 0.717) is 0 Å². The number of hydrogen-bond acceptors (Lipinski definition) is 5. The number of nitrogens with zero attached hydrogens (tertiary/aromatic N) is 2. The monoisotopic (exact) mass is 406 g/mol. The van der Waals surface area contributed by atoms with E-state index in [0.717, 1.165) is 17.4 Å². The Morgan fingerprint density at radius 1 is 1.27 bits per heavy atom. The second kappa shape index (κ2) is 9.40. The maximum Gasteiger partial charge on any atom is 0.301 e. The molecule has 26 heavy (non-hydrogen) atoms. The van der Waals surface area contributed by atoms with Crippen molar-refractivity contribution in [3.8, 4) is 5.75 Å². The van der Waals surface area contributed by atoms with Crippen LogP contribution in [0, 0.1) is 0 Å². The Balaban J connectivity index is 3.21. The van der Waals surface area contributed by atoms with Crippen LogP contribution >= 0.6 is 11.6 Å². The summed E-state index contributed by atoms with van der Waals surface area (Å²) in [4.78, 5) is 14.8. The molecule has 1 amide bonds. The van der Waals surface area contributed by atoms with Gasteiger partial charge < -0.3 is 10.1 Å². The lowest BCUT2D eigenvalue weighted by Gasteiger charge is -2.27. The van der Waals surface area contributed by atoms with Gasteiger partial charge >= 0.3 is 10.2 Å². The lowest BCUT2D eigenvalue weighted by Crippen LogP contribution is -2.46. The molecule has 0 aromatic heterocycles. The zero-order valence-electron chi connectivity index (χ0n) is 16.0. The number of hydrogen-bond donors (Lipinski definition) is 2. The van der Waals surface area contributed by atoms with Crippen LogP contribution < -0.4 is 14.8 Å². The van der Waals surface area contributed by atoms with Gasteiger partial charge in [0.05, 0.1) is 29.5 Å². The Kier molecular flexibility index (Phi) is 8.14. The maximum absolute atomic E-state index is 12.7. The summed E-state index contributed by atoms with van der Waals surface area (Å²) in [6.07, 6.45) is -0.195. The standard InChI is InChI=1S/C16H27ClN4O4S/c1-7-21(8-2)11(3)18-16(22)12-9-14(13(17)10-15(12)25-6)19-26(23,24)20(4)5/h9-11,19H,7-8H2,1-6H3,(H,18,22). The van der Waals surface area contributed by atoms with Crippen LogP contribution in [0.3, 0.4) is 0 Å². The smallest absolute Gasteiger partial charge is 0.301 e. The number of halogens is 1. The van der Waals surface area contributed by atoms with Gasteiger partial charge in [0, 0.05) is 20.2 Å². The third-order valence-corrected chi connectivity index (χ3v) is 5.71. The van der Waals surface area contributed by atoms with Crippen LogP contribution in [-0.4, -0.2) is 64.0 Å². The molecule has 0 aliphatic rings. The predicted molar refractivity (Wildman–Crippen MR) is 104 cm³/mol. The molecule has 0 fully saturated rings. The Hall–Kier alpha value is -1.55. The first-order valence-electron chi connectivity index (χ1n) is 8.20. The number of rotatable bonds is 9. The minimum atomic E-state index is -3.76. The fourth-order valence-electron chi connectivity index (χ4n) is 2.34. The van der Waals surface area contributed by atoms with Crippen molar-refractivity contribution in [2.24, 2.45) is 0 Å². The van der Waals surface area contributed by atoms with E-state index in [1.807, 2.05) is 20.8 Å². The molecule has 0 radical (unpaired) electrons. The Labute approximate surface area is 160 Å². The normalized spacial score (nSPS) is 13.0. The summed E-state index contributed by atoms with van der Waals surface area (Å²) in [6.45, 7) is 7.45. The quantitative estimate of drug-likeness (QED) is 0.612. The molecule has 148 valence electrons. The van der Waals surface area contributed by atoms with Gasteiger partial charge in [0.2, 0.25) is 0 Å². The second-order valence-corrected chi connectivity index (χ2v) is 8.08. The Morgan fingerprint density at radius 3 is 2.31 bits per heavy atom. The molecule has 1 aromatic carbocycles. The zero-order valence-corrected chi connectivity index (χ0v) is 17.5. The largest absolute Gasteiger partial charge is 0.496 e. The fourth-order valence-corrected chi connectivity index (χ4v) is 3.23. The van der Waals surface area contributed by atoms with E-state index in [4.69, 9.17) is 16.3 Å². The summed E-state index contributed by atoms with van der Waals surface area (Å²) in [5, 5.41) is 3.01. The minimum Gasteiger partial charge on any atom is -0.496 e. The van der Waals surface area contributed by atoms with Gasteiger partial charge in [-0.1, -0.05) is 25.4 Å². The van der Waals surface area contributed by atoms with Crippen molar-refractivity contribution < 1.29 is 17.9 Å². The highest BCUT2D eigenvalue weighted by molar-refractivity contribution is 7.90. The van der Waals surface area contributed by atoms with Crippen molar-refractivity contribution in [1.82, 2.24) is 14.5 Å². The number of carbonyl (C=O) groups excluding carboxylic acids is 1. The van der Waals surface area contributed by atoms with Crippen molar-refractivity contribution >= 4 is 33.4 Å². The average molecular weight is 407 g/mol. The van der Waals surface area contributed by atoms with Crippen LogP contribution in [-0.2, 0) is 10.2 Å². The minimum absolute atomic E-state index is 0.0989. The molecule has 0 bridgehead atoms. The number of benzene rings is 1. The highest BCUT2D eigenvalue weighted by Gasteiger charge is 2.22. The predicted octanol–water partition coefficient (Wildman–Crippen LogP) is 1.98. The summed E-state index contributed by atoms with van der Waals surface area (Å²) in [7, 11) is 0.431. The summed E-state index contributed by atoms with van der Waals surface area (Å²) >= 11 is 6.13. The number of ether oxygens (including phenoxy) is 1. The molecule has 1 aromatic rings. The van der Waals surface area contributed by atoms with E-state index in [1.165, 1.54) is 33.3 Å². The van der Waals surface area contributed by atoms with E-state index in [-0.39, 0.29) is 34.1 Å². The van der Waals surface area contributed by atoms with Crippen LogP contribution in [0.5, 0.6) is 5.75 Å². The second-order valence-electron chi connectivity index (χ2n) is 5.79. The van der Waals surface area contributed by atoms with Crippen LogP contribution in [0.2, 0.25) is 5.02 Å². The highest BCUT2D eigenvalue weighted by atomic mass is 35.5. The van der Waals surface area contributed by atoms with Gasteiger partial charge in [-0.25, -0.2) is 0 Å². The molecule has 0 heterocycles. The average Bonchev–Trinajstić information content (AvgIpc) is 2.56. The molecular formula is C16H27ClN4O4S. The first-order valence-corrected chi connectivity index (χ1v) is 10.0. The molecule has 8 nitrogen and oxygen atoms in total. The SMILES string of the molecule is CCN(CC)C(C)NC(=O)c1cc(NS(=O)(=O)N(C)C)c(Cl)cc1OC. The molecule has 10 heteroatoms. The molecule has 2 N–H and O–H groups in total. The summed E-state index contributed by atoms with van der Waals surface area (Å²) in [6, 6.07) is 2.78. The van der Waals surface area contributed by atoms with E-state index >= 15 is 0 Å². The number of amides is 1. The van der Waals surface area contributed by atoms with Gasteiger partial charge in [0.1, 0.15) is 5.75 Å². The Morgan fingerprint density at radius 2 is 1.85 bits per heavy atom. The Bertz CT molecular complexity index is 736. The molecular weight excluding hydrogens is 380 g/mol. The third-order valence-electron chi connectivity index (χ3n) is 3.95. The van der Waals surface area contributed by atoms with E-state index in [9.17, 15) is 13.2 Å². The molecule has 0 aliphatic carbocycles. The van der Waals surface area contributed by atoms with Gasteiger partial charge in [0.15, 0.2) is 0 Å². The van der Waals surface area contributed by atoms with Crippen molar-refractivity contribution in [3.63, 3.8) is 0 Å². The number of methoxy groups -OCH3 is 1. The maximum atomic E-state index is 12.7. The molecule has 0 saturated carbocycles. The van der Waals surface area contributed by atoms with Crippen LogP contribution in [0.4, 0.5) is 5.69 Å². The first kappa shape index (κ1) is 22.5. The van der Waals surface area contributed by atoms with Crippen LogP contribution in [0.1, 0.15) is 31.1 Å². The summed E-state index contributed by atoms with van der Waals surface area (Å²) < 4.78 is 32.7. The number of carbonyl (C=O) groups is 1. The third kappa shape index (κ3) is 5.47. The van der Waals surface area contributed by atoms with Crippen LogP contribution in [0.15, 0.2) is 12.1 Å². The van der Waals surface area contributed by atoms with Crippen molar-refractivity contribution in [2.45, 2.75) is 26.9 Å². The molecule has 1 rings (SSSR count). The van der Waals surface area contributed by atoms with Crippen molar-refractivity contribution in [3.05, 3.63) is 22.7 Å². The van der Waals surface area contributed by atoms with Gasteiger partial charge in [-0.2, -0.15) is 12.7 Å². The van der Waals surface area contributed by atoms with Gasteiger partial charge in [-0.15, -0.1) is 0 Å². The molecule has 1 atom stereocenters. The van der Waals surface area contributed by atoms with E-state index in [1.54, 1.807) is 0 Å². The molecule has 0 aliphatic heterocycles. The van der Waals surface area contributed by atoms with Crippen molar-refractivity contribution in [2.75, 3.05) is 39.0 Å². The van der Waals surface area contributed by atoms with E-state index in [2.05, 4.69) is 14.9 Å². The van der Waals surface area contributed by atoms with Crippen molar-refractivity contribution in [1.29, 1.82) is 0 Å². The topological polar surface area (TPSA) is 91.0 Å². The molecule has 0 saturated heterocycles. The van der Waals surface area contributed by atoms with Gasteiger partial charge in [-0.05, 0) is 26.1 Å². The molecule has 1 unspecified atom stereocenters.